The van der Waals surface area contributed by atoms with Crippen LogP contribution in [0.1, 0.15) is 29.5 Å². The van der Waals surface area contributed by atoms with E-state index < -0.39 is 0 Å². The molecule has 4 heteroatoms. The van der Waals surface area contributed by atoms with Crippen molar-refractivity contribution in [1.82, 2.24) is 4.90 Å². The third kappa shape index (κ3) is 3.32. The molecule has 2 aromatic carbocycles. The van der Waals surface area contributed by atoms with Crippen LogP contribution in [0.25, 0.3) is 10.1 Å². The van der Waals surface area contributed by atoms with Crippen LogP contribution in [0.2, 0.25) is 0 Å². The first-order valence-electron chi connectivity index (χ1n) is 9.82. The number of hydrogen-bond acceptors (Lipinski definition) is 4. The SMILES string of the molecule is c1ccc2c(c1)COC21CCN(CCOCc2csc3ccccc23)CC1. The fraction of sp³-hybridized carbons (Fsp3) is 0.391. The molecule has 0 atom stereocenters. The quantitative estimate of drug-likeness (QED) is 0.586. The van der Waals surface area contributed by atoms with Gasteiger partial charge in [0.05, 0.1) is 25.4 Å². The molecule has 0 unspecified atom stereocenters. The van der Waals surface area contributed by atoms with Crippen molar-refractivity contribution >= 4 is 21.4 Å². The first kappa shape index (κ1) is 17.4. The summed E-state index contributed by atoms with van der Waals surface area (Å²) in [6.45, 7) is 5.43. The normalized spacial score (nSPS) is 19.0. The first-order valence-corrected chi connectivity index (χ1v) is 10.7. The van der Waals surface area contributed by atoms with Crippen molar-refractivity contribution in [2.24, 2.45) is 0 Å². The van der Waals surface area contributed by atoms with Gasteiger partial charge < -0.3 is 14.4 Å². The van der Waals surface area contributed by atoms with Gasteiger partial charge in [0.25, 0.3) is 0 Å². The van der Waals surface area contributed by atoms with Crippen LogP contribution in [0.5, 0.6) is 0 Å². The summed E-state index contributed by atoms with van der Waals surface area (Å²) < 4.78 is 13.6. The molecule has 1 saturated heterocycles. The zero-order valence-corrected chi connectivity index (χ0v) is 16.3. The van der Waals surface area contributed by atoms with Gasteiger partial charge in [-0.1, -0.05) is 42.5 Å². The molecule has 0 saturated carbocycles. The first-order chi connectivity index (χ1) is 13.3. The van der Waals surface area contributed by atoms with Crippen molar-refractivity contribution in [1.29, 1.82) is 0 Å². The van der Waals surface area contributed by atoms with E-state index in [1.807, 2.05) is 0 Å². The van der Waals surface area contributed by atoms with Gasteiger partial charge in [0.1, 0.15) is 0 Å². The Bertz CT molecular complexity index is 927. The van der Waals surface area contributed by atoms with Crippen LogP contribution in [-0.4, -0.2) is 31.1 Å². The van der Waals surface area contributed by atoms with Crippen molar-refractivity contribution in [2.75, 3.05) is 26.2 Å². The smallest absolute Gasteiger partial charge is 0.0963 e. The molecule has 0 radical (unpaired) electrons. The molecule has 1 fully saturated rings. The molecule has 5 rings (SSSR count). The number of hydrogen-bond donors (Lipinski definition) is 0. The van der Waals surface area contributed by atoms with Crippen LogP contribution in [0, 0.1) is 0 Å². The lowest BCUT2D eigenvalue weighted by atomic mass is 9.84. The Labute approximate surface area is 164 Å². The summed E-state index contributed by atoms with van der Waals surface area (Å²) in [4.78, 5) is 2.52. The number of fused-ring (bicyclic) bond motifs is 3. The predicted octanol–water partition coefficient (Wildman–Crippen LogP) is 4.94. The van der Waals surface area contributed by atoms with Crippen LogP contribution < -0.4 is 0 Å². The van der Waals surface area contributed by atoms with Gasteiger partial charge in [-0.25, -0.2) is 0 Å². The molecular weight excluding hydrogens is 354 g/mol. The van der Waals surface area contributed by atoms with Crippen molar-refractivity contribution in [3.63, 3.8) is 0 Å². The molecule has 2 aliphatic rings. The van der Waals surface area contributed by atoms with Gasteiger partial charge in [0.15, 0.2) is 0 Å². The maximum absolute atomic E-state index is 6.26. The van der Waals surface area contributed by atoms with Crippen LogP contribution >= 0.6 is 11.3 Å². The van der Waals surface area contributed by atoms with E-state index in [0.29, 0.717) is 6.61 Å². The van der Waals surface area contributed by atoms with Gasteiger partial charge in [0, 0.05) is 24.3 Å². The molecule has 140 valence electrons. The maximum Gasteiger partial charge on any atom is 0.0963 e. The summed E-state index contributed by atoms with van der Waals surface area (Å²) in [6, 6.07) is 17.3. The van der Waals surface area contributed by atoms with Crippen molar-refractivity contribution in [2.45, 2.75) is 31.7 Å². The lowest BCUT2D eigenvalue weighted by molar-refractivity contribution is -0.0811. The molecule has 1 spiro atoms. The number of ether oxygens (including phenoxy) is 2. The van der Waals surface area contributed by atoms with Crippen molar-refractivity contribution in [3.05, 3.63) is 70.6 Å². The second kappa shape index (κ2) is 7.36. The van der Waals surface area contributed by atoms with E-state index in [2.05, 4.69) is 58.8 Å². The largest absolute Gasteiger partial charge is 0.375 e. The third-order valence-electron chi connectivity index (χ3n) is 6.05. The summed E-state index contributed by atoms with van der Waals surface area (Å²) >= 11 is 1.80. The monoisotopic (exact) mass is 379 g/mol. The number of rotatable bonds is 5. The highest BCUT2D eigenvalue weighted by atomic mass is 32.1. The third-order valence-corrected chi connectivity index (χ3v) is 7.06. The van der Waals surface area contributed by atoms with Gasteiger partial charge in [-0.2, -0.15) is 0 Å². The van der Waals surface area contributed by atoms with Gasteiger partial charge in [0.2, 0.25) is 0 Å². The van der Waals surface area contributed by atoms with Crippen LogP contribution in [-0.2, 0) is 28.3 Å². The zero-order valence-electron chi connectivity index (χ0n) is 15.5. The number of benzene rings is 2. The molecule has 0 amide bonds. The summed E-state index contributed by atoms with van der Waals surface area (Å²) in [5.41, 5.74) is 4.07. The van der Waals surface area contributed by atoms with E-state index in [4.69, 9.17) is 9.47 Å². The minimum Gasteiger partial charge on any atom is -0.375 e. The number of likely N-dealkylation sites (tertiary alicyclic amines) is 1. The molecule has 3 aromatic rings. The van der Waals surface area contributed by atoms with Crippen LogP contribution in [0.15, 0.2) is 53.9 Å². The van der Waals surface area contributed by atoms with Crippen molar-refractivity contribution in [3.8, 4) is 0 Å². The lowest BCUT2D eigenvalue weighted by Crippen LogP contribution is -2.43. The van der Waals surface area contributed by atoms with E-state index >= 15 is 0 Å². The lowest BCUT2D eigenvalue weighted by Gasteiger charge is -2.39. The maximum atomic E-state index is 6.26. The van der Waals surface area contributed by atoms with E-state index in [1.165, 1.54) is 26.8 Å². The van der Waals surface area contributed by atoms with Crippen LogP contribution in [0.4, 0.5) is 0 Å². The molecule has 27 heavy (non-hydrogen) atoms. The fourth-order valence-corrected chi connectivity index (χ4v) is 5.40. The Morgan fingerprint density at radius 2 is 1.85 bits per heavy atom. The molecule has 0 bridgehead atoms. The highest BCUT2D eigenvalue weighted by Crippen LogP contribution is 2.43. The topological polar surface area (TPSA) is 21.7 Å². The molecule has 2 aliphatic heterocycles. The number of thiophene rings is 1. The molecule has 0 aliphatic carbocycles. The molecule has 3 nitrogen and oxygen atoms in total. The van der Waals surface area contributed by atoms with Gasteiger partial charge in [-0.05, 0) is 46.4 Å². The second-order valence-corrected chi connectivity index (χ2v) is 8.50. The second-order valence-electron chi connectivity index (χ2n) is 7.59. The van der Waals surface area contributed by atoms with Crippen LogP contribution in [0.3, 0.4) is 0 Å². The van der Waals surface area contributed by atoms with Gasteiger partial charge >= 0.3 is 0 Å². The van der Waals surface area contributed by atoms with Gasteiger partial charge in [-0.3, -0.25) is 0 Å². The van der Waals surface area contributed by atoms with E-state index in [9.17, 15) is 0 Å². The van der Waals surface area contributed by atoms with Crippen molar-refractivity contribution < 1.29 is 9.47 Å². The molecular formula is C23H25NO2S. The molecule has 3 heterocycles. The highest BCUT2D eigenvalue weighted by molar-refractivity contribution is 7.17. The highest BCUT2D eigenvalue weighted by Gasteiger charge is 2.42. The minimum absolute atomic E-state index is 0.0382. The minimum atomic E-state index is -0.0382. The Balaban J connectivity index is 1.11. The Morgan fingerprint density at radius 3 is 2.78 bits per heavy atom. The summed E-state index contributed by atoms with van der Waals surface area (Å²) in [7, 11) is 0. The van der Waals surface area contributed by atoms with Gasteiger partial charge in [-0.15, -0.1) is 11.3 Å². The average Bonchev–Trinajstić information content (AvgIpc) is 3.29. The standard InChI is InChI=1S/C23H25NO2S/c1-3-7-21-18(5-1)16-26-23(21)9-11-24(12-10-23)13-14-25-15-19-17-27-22-8-4-2-6-20(19)22/h1-8,17H,9-16H2. The predicted molar refractivity (Wildman–Crippen MR) is 110 cm³/mol. The van der Waals surface area contributed by atoms with E-state index in [0.717, 1.165) is 45.7 Å². The zero-order chi connectivity index (χ0) is 18.1. The fourth-order valence-electron chi connectivity index (χ4n) is 4.46. The van der Waals surface area contributed by atoms with E-state index in [-0.39, 0.29) is 5.60 Å². The Morgan fingerprint density at radius 1 is 1.04 bits per heavy atom. The summed E-state index contributed by atoms with van der Waals surface area (Å²) in [6.07, 6.45) is 2.17. The summed E-state index contributed by atoms with van der Waals surface area (Å²) in [5.74, 6) is 0. The number of nitrogens with zero attached hydrogens (tertiary/aromatic N) is 1. The Kier molecular flexibility index (Phi) is 4.74. The summed E-state index contributed by atoms with van der Waals surface area (Å²) in [5, 5.41) is 3.56. The number of piperidine rings is 1. The van der Waals surface area contributed by atoms with E-state index in [1.54, 1.807) is 11.3 Å². The Hall–Kier alpha value is -1.72. The molecule has 0 N–H and O–H groups in total. The average molecular weight is 380 g/mol. The molecule has 1 aromatic heterocycles.